The lowest BCUT2D eigenvalue weighted by atomic mass is 10.2. The van der Waals surface area contributed by atoms with Gasteiger partial charge in [0.15, 0.2) is 8.29 Å². The molecule has 0 spiro atoms. The Balaban J connectivity index is 1.95. The number of imide groups is 1. The van der Waals surface area contributed by atoms with Crippen LogP contribution in [0.25, 0.3) is 5.69 Å². The topological polar surface area (TPSA) is 76.0 Å². The number of halogens is 2. The molecule has 0 saturated carbocycles. The van der Waals surface area contributed by atoms with E-state index in [1.165, 1.54) is 23.1 Å². The molecule has 0 aliphatic heterocycles. The molecule has 0 unspecified atom stereocenters. The number of aromatic nitrogens is 2. The molecule has 0 radical (unpaired) electrons. The molecule has 0 atom stereocenters. The molecule has 140 valence electrons. The number of hydrogen-bond acceptors (Lipinski definition) is 6. The van der Waals surface area contributed by atoms with Gasteiger partial charge in [-0.05, 0) is 36.3 Å². The molecule has 1 heterocycles. The number of carbonyl (C=O) groups is 2. The van der Waals surface area contributed by atoms with Crippen molar-refractivity contribution in [2.75, 3.05) is 12.3 Å². The first kappa shape index (κ1) is 21.2. The van der Waals surface area contributed by atoms with Crippen LogP contribution < -0.4 is 10.6 Å². The maximum atomic E-state index is 11.8. The van der Waals surface area contributed by atoms with Crippen LogP contribution in [0.5, 0.6) is 0 Å². The molecule has 0 bridgehead atoms. The van der Waals surface area contributed by atoms with Crippen molar-refractivity contribution >= 4 is 70.5 Å². The quantitative estimate of drug-likeness (QED) is 0.498. The highest BCUT2D eigenvalue weighted by molar-refractivity contribution is 8.01. The van der Waals surface area contributed by atoms with Gasteiger partial charge in [0.1, 0.15) is 0 Å². The number of carbonyl (C=O) groups excluding carboxylic acids is 2. The first-order valence-electron chi connectivity index (χ1n) is 7.52. The summed E-state index contributed by atoms with van der Waals surface area (Å²) in [6, 6.07) is 4.58. The van der Waals surface area contributed by atoms with Crippen molar-refractivity contribution in [3.63, 3.8) is 0 Å². The molecule has 0 aliphatic carbocycles. The minimum atomic E-state index is -0.502. The van der Waals surface area contributed by atoms with Crippen molar-refractivity contribution in [2.45, 2.75) is 18.2 Å². The van der Waals surface area contributed by atoms with E-state index in [-0.39, 0.29) is 5.75 Å². The van der Waals surface area contributed by atoms with E-state index in [1.807, 2.05) is 13.8 Å². The third-order valence-corrected chi connectivity index (χ3v) is 6.03. The number of benzene rings is 1. The molecule has 1 aromatic heterocycles. The molecule has 0 saturated heterocycles. The third-order valence-electron chi connectivity index (χ3n) is 2.93. The van der Waals surface area contributed by atoms with Gasteiger partial charge in [-0.15, -0.1) is 5.10 Å². The predicted octanol–water partition coefficient (Wildman–Crippen LogP) is 4.54. The Morgan fingerprint density at radius 1 is 1.35 bits per heavy atom. The largest absolute Gasteiger partial charge is 0.338 e. The summed E-state index contributed by atoms with van der Waals surface area (Å²) in [7, 11) is 0. The Hall–Kier alpha value is -1.13. The van der Waals surface area contributed by atoms with E-state index in [0.29, 0.717) is 36.5 Å². The lowest BCUT2D eigenvalue weighted by molar-refractivity contribution is -0.117. The van der Waals surface area contributed by atoms with Crippen molar-refractivity contribution in [2.24, 2.45) is 5.92 Å². The molecule has 26 heavy (non-hydrogen) atoms. The van der Waals surface area contributed by atoms with Gasteiger partial charge in [0.05, 0.1) is 21.5 Å². The number of nitrogens with one attached hydrogen (secondary N) is 2. The summed E-state index contributed by atoms with van der Waals surface area (Å²) in [5.74, 6) is -0.0417. The van der Waals surface area contributed by atoms with E-state index < -0.39 is 11.9 Å². The molecular formula is C15H16Cl2N4O2S3. The number of hydrogen-bond donors (Lipinski definition) is 2. The van der Waals surface area contributed by atoms with Gasteiger partial charge in [0.25, 0.3) is 0 Å². The summed E-state index contributed by atoms with van der Waals surface area (Å²) in [5, 5.41) is 10.1. The van der Waals surface area contributed by atoms with Gasteiger partial charge >= 0.3 is 6.03 Å². The van der Waals surface area contributed by atoms with Gasteiger partial charge in [-0.2, -0.15) is 0 Å². The number of rotatable bonds is 6. The van der Waals surface area contributed by atoms with E-state index in [4.69, 9.17) is 35.4 Å². The fraction of sp³-hybridized carbons (Fsp3) is 0.333. The Kier molecular flexibility index (Phi) is 7.90. The fourth-order valence-electron chi connectivity index (χ4n) is 1.73. The van der Waals surface area contributed by atoms with Crippen molar-refractivity contribution in [3.8, 4) is 5.69 Å². The SMILES string of the molecule is CC(C)CNC(=O)NC(=O)CSc1nn(-c2ccc(Cl)c(Cl)c2)c(=S)s1. The molecular weight excluding hydrogens is 435 g/mol. The van der Waals surface area contributed by atoms with Crippen LogP contribution in [0.1, 0.15) is 13.8 Å². The summed E-state index contributed by atoms with van der Waals surface area (Å²) in [5.41, 5.74) is 0.685. The number of urea groups is 1. The summed E-state index contributed by atoms with van der Waals surface area (Å²) in [6.45, 7) is 4.44. The Labute approximate surface area is 174 Å². The summed E-state index contributed by atoms with van der Waals surface area (Å²) >= 11 is 19.7. The van der Waals surface area contributed by atoms with Crippen LogP contribution in [0, 0.1) is 9.87 Å². The molecule has 3 amide bonds. The number of thioether (sulfide) groups is 1. The maximum Gasteiger partial charge on any atom is 0.321 e. The van der Waals surface area contributed by atoms with Crippen molar-refractivity contribution in [1.82, 2.24) is 20.4 Å². The normalized spacial score (nSPS) is 10.8. The second-order valence-electron chi connectivity index (χ2n) is 5.58. The summed E-state index contributed by atoms with van der Waals surface area (Å²) in [4.78, 5) is 23.4. The Morgan fingerprint density at radius 2 is 2.08 bits per heavy atom. The predicted molar refractivity (Wildman–Crippen MR) is 109 cm³/mol. The average Bonchev–Trinajstić information content (AvgIpc) is 2.94. The molecule has 2 N–H and O–H groups in total. The average molecular weight is 451 g/mol. The van der Waals surface area contributed by atoms with E-state index in [0.717, 1.165) is 0 Å². The molecule has 11 heteroatoms. The molecule has 0 fully saturated rings. The zero-order chi connectivity index (χ0) is 19.3. The Morgan fingerprint density at radius 3 is 2.73 bits per heavy atom. The van der Waals surface area contributed by atoms with Crippen molar-refractivity contribution in [3.05, 3.63) is 32.2 Å². The van der Waals surface area contributed by atoms with Crippen LogP contribution in [0.3, 0.4) is 0 Å². The highest BCUT2D eigenvalue weighted by atomic mass is 35.5. The van der Waals surface area contributed by atoms with E-state index in [2.05, 4.69) is 15.7 Å². The molecule has 0 aliphatic rings. The lowest BCUT2D eigenvalue weighted by Gasteiger charge is -2.07. The highest BCUT2D eigenvalue weighted by Crippen LogP contribution is 2.27. The van der Waals surface area contributed by atoms with Crippen LogP contribution in [-0.4, -0.2) is 34.0 Å². The third kappa shape index (κ3) is 6.24. The van der Waals surface area contributed by atoms with Gasteiger partial charge in [0.2, 0.25) is 5.91 Å². The molecule has 2 aromatic rings. The van der Waals surface area contributed by atoms with Crippen molar-refractivity contribution in [1.29, 1.82) is 0 Å². The van der Waals surface area contributed by atoms with Gasteiger partial charge in [0, 0.05) is 6.54 Å². The van der Waals surface area contributed by atoms with Crippen LogP contribution in [-0.2, 0) is 4.79 Å². The van der Waals surface area contributed by atoms with E-state index >= 15 is 0 Å². The van der Waals surface area contributed by atoms with Gasteiger partial charge in [-0.1, -0.05) is 60.1 Å². The van der Waals surface area contributed by atoms with Crippen LogP contribution >= 0.6 is 58.5 Å². The van der Waals surface area contributed by atoms with Crippen LogP contribution in [0.15, 0.2) is 22.5 Å². The maximum absolute atomic E-state index is 11.8. The van der Waals surface area contributed by atoms with Gasteiger partial charge < -0.3 is 5.32 Å². The first-order chi connectivity index (χ1) is 12.3. The van der Waals surface area contributed by atoms with E-state index in [1.54, 1.807) is 22.9 Å². The number of nitrogens with zero attached hydrogens (tertiary/aromatic N) is 2. The monoisotopic (exact) mass is 450 g/mol. The minimum Gasteiger partial charge on any atom is -0.338 e. The minimum absolute atomic E-state index is 0.0543. The standard InChI is InChI=1S/C15H16Cl2N4O2S3/c1-8(2)6-18-13(23)19-12(22)7-25-14-20-21(15(24)26-14)9-3-4-10(16)11(17)5-9/h3-5,8H,6-7H2,1-2H3,(H2,18,19,22,23). The van der Waals surface area contributed by atoms with Gasteiger partial charge in [-0.3, -0.25) is 10.1 Å². The van der Waals surface area contributed by atoms with Crippen molar-refractivity contribution < 1.29 is 9.59 Å². The number of amides is 3. The van der Waals surface area contributed by atoms with Crippen LogP contribution in [0.2, 0.25) is 10.0 Å². The summed E-state index contributed by atoms with van der Waals surface area (Å²) < 4.78 is 2.68. The van der Waals surface area contributed by atoms with Crippen LogP contribution in [0.4, 0.5) is 4.79 Å². The first-order valence-corrected chi connectivity index (χ1v) is 10.5. The lowest BCUT2D eigenvalue weighted by Crippen LogP contribution is -2.41. The second-order valence-corrected chi connectivity index (χ2v) is 9.24. The zero-order valence-electron chi connectivity index (χ0n) is 13.9. The highest BCUT2D eigenvalue weighted by Gasteiger charge is 2.12. The van der Waals surface area contributed by atoms with E-state index in [9.17, 15) is 9.59 Å². The summed E-state index contributed by atoms with van der Waals surface area (Å²) in [6.07, 6.45) is 0. The fourth-order valence-corrected chi connectivity index (χ4v) is 4.18. The molecule has 1 aromatic carbocycles. The molecule has 2 rings (SSSR count). The van der Waals surface area contributed by atoms with Gasteiger partial charge in [-0.25, -0.2) is 9.48 Å². The second kappa shape index (κ2) is 9.70. The zero-order valence-corrected chi connectivity index (χ0v) is 17.9. The molecule has 6 nitrogen and oxygen atoms in total. The Bertz CT molecular complexity index is 867. The smallest absolute Gasteiger partial charge is 0.321 e.